The fourth-order valence-electron chi connectivity index (χ4n) is 7.32. The fourth-order valence-corrected chi connectivity index (χ4v) is 7.32. The maximum Gasteiger partial charge on any atom is 0.638 e. The van der Waals surface area contributed by atoms with Crippen molar-refractivity contribution in [3.8, 4) is 22.4 Å². The van der Waals surface area contributed by atoms with E-state index >= 15 is 4.32 Å². The first-order chi connectivity index (χ1) is 28.5. The number of hydrogen-bond donors (Lipinski definition) is 0. The van der Waals surface area contributed by atoms with Crippen LogP contribution in [0.4, 0.5) is 26.3 Å². The summed E-state index contributed by atoms with van der Waals surface area (Å²) in [5.74, 6) is -5.30. The first-order valence-corrected chi connectivity index (χ1v) is 21.0. The van der Waals surface area contributed by atoms with Gasteiger partial charge in [0, 0.05) is 28.1 Å². The summed E-state index contributed by atoms with van der Waals surface area (Å²) < 4.78 is 92.0. The van der Waals surface area contributed by atoms with E-state index in [0.29, 0.717) is 28.1 Å². The van der Waals surface area contributed by atoms with Crippen LogP contribution in [0, 0.1) is 0 Å². The Morgan fingerprint density at radius 3 is 1.34 bits per heavy atom. The number of halogens is 6. The number of aromatic nitrogens is 1. The zero-order valence-corrected chi connectivity index (χ0v) is 37.8. The van der Waals surface area contributed by atoms with Crippen LogP contribution < -0.4 is 0 Å². The van der Waals surface area contributed by atoms with Crippen molar-refractivity contribution in [2.75, 3.05) is 6.61 Å². The second-order valence-electron chi connectivity index (χ2n) is 20.4. The molecular weight excluding hydrogens is 793 g/mol. The molecule has 1 aliphatic rings. The molecule has 0 saturated heterocycles. The van der Waals surface area contributed by atoms with Crippen LogP contribution in [0.25, 0.3) is 34.0 Å². The molecule has 0 saturated carbocycles. The molecule has 0 radical (unpaired) electrons. The lowest BCUT2D eigenvalue weighted by molar-refractivity contribution is -0.290. The molecule has 10 heteroatoms. The lowest BCUT2D eigenvalue weighted by atomic mass is 9.85. The highest BCUT2D eigenvalue weighted by Crippen LogP contribution is 2.41. The SMILES string of the molecule is CC(C)(C)c1ccc(C2=CC(c3ccc(C(C)(C)C)cc3)=N/C2=C\c2c(-c3ccc(C(C)(C)C)cc3)cc(-c3ccc(C(C)(C)C)cc3)n2B(F)OCC(F)(F)C(F)(F)F)cc1. The van der Waals surface area contributed by atoms with Gasteiger partial charge in [0.2, 0.25) is 0 Å². The van der Waals surface area contributed by atoms with Crippen molar-refractivity contribution in [3.63, 3.8) is 0 Å². The average Bonchev–Trinajstić information content (AvgIpc) is 3.78. The number of benzene rings is 4. The molecule has 0 N–H and O–H groups in total. The molecule has 0 fully saturated rings. The zero-order chi connectivity index (χ0) is 45.8. The molecule has 3 nitrogen and oxygen atoms in total. The normalized spacial score (nSPS) is 15.0. The van der Waals surface area contributed by atoms with Crippen molar-refractivity contribution in [2.24, 2.45) is 4.99 Å². The van der Waals surface area contributed by atoms with E-state index in [1.165, 1.54) is 0 Å². The third-order valence-electron chi connectivity index (χ3n) is 11.4. The monoisotopic (exact) mass is 850 g/mol. The predicted octanol–water partition coefficient (Wildman–Crippen LogP) is 15.0. The van der Waals surface area contributed by atoms with E-state index in [4.69, 9.17) is 9.65 Å². The minimum absolute atomic E-state index is 0.0798. The highest BCUT2D eigenvalue weighted by atomic mass is 19.4. The van der Waals surface area contributed by atoms with Gasteiger partial charge in [-0.2, -0.15) is 22.0 Å². The summed E-state index contributed by atoms with van der Waals surface area (Å²) in [7, 11) is -2.76. The molecule has 0 spiro atoms. The van der Waals surface area contributed by atoms with E-state index < -0.39 is 26.0 Å². The van der Waals surface area contributed by atoms with E-state index in [-0.39, 0.29) is 33.0 Å². The Labute approximate surface area is 363 Å². The van der Waals surface area contributed by atoms with Crippen LogP contribution in [0.1, 0.15) is 122 Å². The van der Waals surface area contributed by atoms with Crippen molar-refractivity contribution >= 4 is 24.7 Å². The second-order valence-corrected chi connectivity index (χ2v) is 20.4. The predicted molar refractivity (Wildman–Crippen MR) is 245 cm³/mol. The first-order valence-electron chi connectivity index (χ1n) is 21.0. The molecule has 5 aromatic rings. The Bertz CT molecular complexity index is 2480. The van der Waals surface area contributed by atoms with Gasteiger partial charge in [0.1, 0.15) is 6.61 Å². The van der Waals surface area contributed by atoms with Crippen LogP contribution in [0.5, 0.6) is 0 Å². The number of alkyl halides is 5. The molecule has 2 heterocycles. The minimum Gasteiger partial charge on any atom is -0.382 e. The summed E-state index contributed by atoms with van der Waals surface area (Å²) in [5.41, 5.74) is 9.27. The summed E-state index contributed by atoms with van der Waals surface area (Å²) >= 11 is 0. The smallest absolute Gasteiger partial charge is 0.382 e. The Kier molecular flexibility index (Phi) is 12.4. The van der Waals surface area contributed by atoms with Crippen molar-refractivity contribution in [1.82, 2.24) is 4.48 Å². The molecule has 0 amide bonds. The Morgan fingerprint density at radius 2 is 0.935 bits per heavy atom. The van der Waals surface area contributed by atoms with Gasteiger partial charge in [-0.3, -0.25) is 4.32 Å². The average molecular weight is 851 g/mol. The number of nitrogens with zero attached hydrogens (tertiary/aromatic N) is 2. The summed E-state index contributed by atoms with van der Waals surface area (Å²) in [5, 5.41) is 0. The van der Waals surface area contributed by atoms with E-state index in [1.807, 2.05) is 66.7 Å². The molecular formula is C52H57BF6N2O. The number of aliphatic imine (C=N–C) groups is 1. The van der Waals surface area contributed by atoms with Crippen molar-refractivity contribution < 1.29 is 30.9 Å². The summed E-state index contributed by atoms with van der Waals surface area (Å²) in [4.78, 5) is 5.13. The van der Waals surface area contributed by atoms with E-state index in [0.717, 1.165) is 43.4 Å². The number of rotatable bonds is 9. The molecule has 0 bridgehead atoms. The van der Waals surface area contributed by atoms with Crippen molar-refractivity contribution in [1.29, 1.82) is 0 Å². The van der Waals surface area contributed by atoms with Gasteiger partial charge in [-0.05, 0) is 78.8 Å². The Hall–Kier alpha value is -5.09. The van der Waals surface area contributed by atoms with Gasteiger partial charge < -0.3 is 9.13 Å². The molecule has 0 unspecified atom stereocenters. The topological polar surface area (TPSA) is 26.5 Å². The van der Waals surface area contributed by atoms with Crippen LogP contribution in [0.15, 0.2) is 120 Å². The van der Waals surface area contributed by atoms with Crippen LogP contribution in [-0.2, 0) is 26.3 Å². The molecule has 0 atom stereocenters. The van der Waals surface area contributed by atoms with Gasteiger partial charge in [-0.1, -0.05) is 180 Å². The molecule has 6 rings (SSSR count). The Balaban J connectivity index is 1.64. The summed E-state index contributed by atoms with van der Waals surface area (Å²) in [6, 6.07) is 33.2. The molecule has 1 aliphatic heterocycles. The lowest BCUT2D eigenvalue weighted by Gasteiger charge is -2.22. The van der Waals surface area contributed by atoms with Gasteiger partial charge in [-0.15, -0.1) is 0 Å². The van der Waals surface area contributed by atoms with Crippen LogP contribution in [0.3, 0.4) is 0 Å². The number of hydrogen-bond acceptors (Lipinski definition) is 2. The zero-order valence-electron chi connectivity index (χ0n) is 37.8. The highest BCUT2D eigenvalue weighted by Gasteiger charge is 2.58. The highest BCUT2D eigenvalue weighted by molar-refractivity contribution is 6.43. The van der Waals surface area contributed by atoms with Gasteiger partial charge in [0.05, 0.1) is 11.4 Å². The number of allylic oxidation sites excluding steroid dienone is 2. The van der Waals surface area contributed by atoms with Gasteiger partial charge in [0.15, 0.2) is 0 Å². The Morgan fingerprint density at radius 1 is 0.548 bits per heavy atom. The lowest BCUT2D eigenvalue weighted by Crippen LogP contribution is -2.43. The van der Waals surface area contributed by atoms with E-state index in [1.54, 1.807) is 24.3 Å². The standard InChI is InChI=1S/C52H57BF6N2O/c1-47(2,3)37-21-13-33(14-22-37)41-29-43(35-17-25-39(26-18-35)49(7,8)9)60-44(41)31-46-42(34-15-23-38(24-16-34)48(4,5)6)30-45(36-19-27-40(28-20-36)50(10,11)12)61(46)53(59)62-32-51(54,55)52(56,57)58/h13-31H,32H2,1-12H3/b44-31-. The molecule has 1 aromatic heterocycles. The second kappa shape index (κ2) is 16.6. The van der Waals surface area contributed by atoms with Crippen molar-refractivity contribution in [2.45, 2.75) is 117 Å². The van der Waals surface area contributed by atoms with Gasteiger partial charge >= 0.3 is 19.4 Å². The third kappa shape index (κ3) is 10.1. The van der Waals surface area contributed by atoms with Crippen LogP contribution >= 0.6 is 0 Å². The maximum atomic E-state index is 17.0. The fraction of sp³-hybridized carbons (Fsp3) is 0.365. The molecule has 0 aliphatic carbocycles. The summed E-state index contributed by atoms with van der Waals surface area (Å²) in [6.45, 7) is 23.0. The molecule has 62 heavy (non-hydrogen) atoms. The quantitative estimate of drug-likeness (QED) is 0.107. The largest absolute Gasteiger partial charge is 0.638 e. The maximum absolute atomic E-state index is 17.0. The van der Waals surface area contributed by atoms with E-state index in [2.05, 4.69) is 107 Å². The third-order valence-corrected chi connectivity index (χ3v) is 11.4. The molecule has 326 valence electrons. The summed E-state index contributed by atoms with van der Waals surface area (Å²) in [6.07, 6.45) is -2.30. The van der Waals surface area contributed by atoms with E-state index in [9.17, 15) is 22.0 Å². The first kappa shape index (κ1) is 46.4. The van der Waals surface area contributed by atoms with Gasteiger partial charge in [-0.25, -0.2) is 4.99 Å². The van der Waals surface area contributed by atoms with Crippen molar-refractivity contribution in [3.05, 3.63) is 154 Å². The van der Waals surface area contributed by atoms with Crippen LogP contribution in [-0.4, -0.2) is 36.2 Å². The van der Waals surface area contributed by atoms with Crippen LogP contribution in [0.2, 0.25) is 0 Å². The minimum atomic E-state index is -5.94. The van der Waals surface area contributed by atoms with Gasteiger partial charge in [0.25, 0.3) is 0 Å². The molecule has 4 aromatic carbocycles.